The summed E-state index contributed by atoms with van der Waals surface area (Å²) in [5, 5.41) is 3.27. The van der Waals surface area contributed by atoms with E-state index in [9.17, 15) is 4.79 Å². The number of aryl methyl sites for hydroxylation is 1. The Hall–Kier alpha value is -2.67. The molecule has 0 bridgehead atoms. The number of carbonyl (C=O) groups excluding carboxylic acids is 1. The number of piperidine rings is 1. The molecule has 1 aromatic heterocycles. The molecular weight excluding hydrogens is 390 g/mol. The van der Waals surface area contributed by atoms with Crippen LogP contribution >= 0.6 is 0 Å². The lowest BCUT2D eigenvalue weighted by Crippen LogP contribution is -2.39. The van der Waals surface area contributed by atoms with Crippen LogP contribution in [0.15, 0.2) is 24.3 Å². The Morgan fingerprint density at radius 2 is 1.97 bits per heavy atom. The maximum atomic E-state index is 12.6. The lowest BCUT2D eigenvalue weighted by atomic mass is 9.95. The topological polar surface area (TPSA) is 70.6 Å². The number of ether oxygens (including phenoxy) is 1. The number of rotatable bonds is 6. The van der Waals surface area contributed by atoms with E-state index in [-0.39, 0.29) is 5.91 Å². The maximum absolute atomic E-state index is 12.6. The summed E-state index contributed by atoms with van der Waals surface area (Å²) in [6, 6.07) is 7.90. The minimum Gasteiger partial charge on any atom is -0.493 e. The van der Waals surface area contributed by atoms with Crippen molar-refractivity contribution in [2.75, 3.05) is 45.7 Å². The fourth-order valence-corrected chi connectivity index (χ4v) is 4.47. The van der Waals surface area contributed by atoms with Gasteiger partial charge in [0.15, 0.2) is 0 Å². The summed E-state index contributed by atoms with van der Waals surface area (Å²) in [7, 11) is 4.07. The van der Waals surface area contributed by atoms with Crippen LogP contribution in [-0.2, 0) is 17.8 Å². The van der Waals surface area contributed by atoms with E-state index >= 15 is 0 Å². The highest BCUT2D eigenvalue weighted by Gasteiger charge is 2.28. The monoisotopic (exact) mass is 423 g/mol. The number of nitrogens with zero attached hydrogens (tertiary/aromatic N) is 4. The maximum Gasteiger partial charge on any atom is 0.225 e. The number of amides is 1. The van der Waals surface area contributed by atoms with Crippen LogP contribution in [0.1, 0.15) is 47.8 Å². The zero-order valence-corrected chi connectivity index (χ0v) is 18.9. The second-order valence-corrected chi connectivity index (χ2v) is 8.61. The van der Waals surface area contributed by atoms with Crippen LogP contribution in [0.3, 0.4) is 0 Å². The summed E-state index contributed by atoms with van der Waals surface area (Å²) < 4.78 is 5.80. The summed E-state index contributed by atoms with van der Waals surface area (Å²) in [6.07, 6.45) is 3.19. The molecule has 7 nitrogen and oxygen atoms in total. The molecule has 0 spiro atoms. The zero-order valence-electron chi connectivity index (χ0n) is 18.9. The molecule has 7 heteroatoms. The third-order valence-electron chi connectivity index (χ3n) is 6.39. The van der Waals surface area contributed by atoms with Crippen LogP contribution in [0.4, 0.5) is 5.82 Å². The number of aromatic nitrogens is 2. The number of para-hydroxylation sites is 1. The molecule has 3 heterocycles. The molecule has 1 N–H and O–H groups in total. The number of fused-ring (bicyclic) bond motifs is 1. The first-order chi connectivity index (χ1) is 15.0. The Labute approximate surface area is 184 Å². The first-order valence-electron chi connectivity index (χ1n) is 11.3. The van der Waals surface area contributed by atoms with Gasteiger partial charge in [0.05, 0.1) is 18.7 Å². The second kappa shape index (κ2) is 9.64. The molecule has 0 atom stereocenters. The van der Waals surface area contributed by atoms with Crippen molar-refractivity contribution < 1.29 is 9.53 Å². The van der Waals surface area contributed by atoms with Crippen molar-refractivity contribution in [1.29, 1.82) is 0 Å². The van der Waals surface area contributed by atoms with Crippen LogP contribution in [-0.4, -0.2) is 66.0 Å². The van der Waals surface area contributed by atoms with E-state index in [1.807, 2.05) is 43.1 Å². The van der Waals surface area contributed by atoms with Crippen LogP contribution in [0.2, 0.25) is 0 Å². The van der Waals surface area contributed by atoms with E-state index in [1.165, 1.54) is 11.3 Å². The van der Waals surface area contributed by atoms with Crippen molar-refractivity contribution >= 4 is 11.7 Å². The summed E-state index contributed by atoms with van der Waals surface area (Å²) in [4.78, 5) is 26.7. The van der Waals surface area contributed by atoms with Gasteiger partial charge in [-0.25, -0.2) is 9.97 Å². The van der Waals surface area contributed by atoms with Crippen molar-refractivity contribution in [3.05, 3.63) is 46.9 Å². The molecule has 1 aromatic carbocycles. The SMILES string of the molecule is CNc1nc(C2CCN(C(=O)CCOc3ccccc3C)CC2)nc2c1CN(C)CC2. The number of hydrogen-bond acceptors (Lipinski definition) is 6. The molecule has 1 fully saturated rings. The largest absolute Gasteiger partial charge is 0.493 e. The number of anilines is 1. The molecular formula is C24H33N5O2. The fraction of sp³-hybridized carbons (Fsp3) is 0.542. The average molecular weight is 424 g/mol. The molecule has 0 radical (unpaired) electrons. The van der Waals surface area contributed by atoms with Crippen molar-refractivity contribution in [1.82, 2.24) is 19.8 Å². The van der Waals surface area contributed by atoms with Crippen molar-refractivity contribution in [3.8, 4) is 5.75 Å². The third-order valence-corrected chi connectivity index (χ3v) is 6.39. The molecule has 31 heavy (non-hydrogen) atoms. The number of likely N-dealkylation sites (tertiary alicyclic amines) is 1. The Kier molecular flexibility index (Phi) is 6.70. The van der Waals surface area contributed by atoms with Gasteiger partial charge in [0.1, 0.15) is 17.4 Å². The second-order valence-electron chi connectivity index (χ2n) is 8.61. The normalized spacial score (nSPS) is 17.3. The lowest BCUT2D eigenvalue weighted by molar-refractivity contribution is -0.132. The molecule has 166 valence electrons. The highest BCUT2D eigenvalue weighted by molar-refractivity contribution is 5.76. The Balaban J connectivity index is 1.31. The number of likely N-dealkylation sites (N-methyl/N-ethyl adjacent to an activating group) is 1. The number of carbonyl (C=O) groups is 1. The van der Waals surface area contributed by atoms with Gasteiger partial charge in [-0.15, -0.1) is 0 Å². The quantitative estimate of drug-likeness (QED) is 0.770. The fourth-order valence-electron chi connectivity index (χ4n) is 4.47. The van der Waals surface area contributed by atoms with Gasteiger partial charge in [0.25, 0.3) is 0 Å². The van der Waals surface area contributed by atoms with Crippen molar-refractivity contribution in [2.24, 2.45) is 0 Å². The molecule has 2 aliphatic heterocycles. The standard InChI is InChI=1S/C24H33N5O2/c1-17-6-4-5-7-21(17)31-15-11-22(30)29-13-8-18(9-14-29)23-26-20-10-12-28(3)16-19(20)24(25-2)27-23/h4-7,18H,8-16H2,1-3H3,(H,25,26,27). The van der Waals surface area contributed by atoms with Crippen LogP contribution in [0.25, 0.3) is 0 Å². The van der Waals surface area contributed by atoms with Gasteiger partial charge < -0.3 is 19.9 Å². The van der Waals surface area contributed by atoms with Gasteiger partial charge >= 0.3 is 0 Å². The van der Waals surface area contributed by atoms with Crippen LogP contribution in [0, 0.1) is 6.92 Å². The molecule has 1 saturated heterocycles. The van der Waals surface area contributed by atoms with Gasteiger partial charge in [-0.2, -0.15) is 0 Å². The third kappa shape index (κ3) is 4.98. The Bertz CT molecular complexity index is 907. The highest BCUT2D eigenvalue weighted by Crippen LogP contribution is 2.30. The molecule has 0 aliphatic carbocycles. The van der Waals surface area contributed by atoms with E-state index in [1.54, 1.807) is 0 Å². The van der Waals surface area contributed by atoms with Gasteiger partial charge in [-0.05, 0) is 38.4 Å². The average Bonchev–Trinajstić information content (AvgIpc) is 2.79. The molecule has 2 aromatic rings. The minimum atomic E-state index is 0.164. The molecule has 0 unspecified atom stereocenters. The van der Waals surface area contributed by atoms with E-state index in [0.717, 1.165) is 68.4 Å². The Morgan fingerprint density at radius 3 is 2.71 bits per heavy atom. The first kappa shape index (κ1) is 21.6. The number of benzene rings is 1. The summed E-state index contributed by atoms with van der Waals surface area (Å²) in [6.45, 7) is 5.87. The van der Waals surface area contributed by atoms with Gasteiger partial charge in [-0.3, -0.25) is 4.79 Å². The minimum absolute atomic E-state index is 0.164. The first-order valence-corrected chi connectivity index (χ1v) is 11.3. The summed E-state index contributed by atoms with van der Waals surface area (Å²) in [5.41, 5.74) is 3.49. The van der Waals surface area contributed by atoms with Gasteiger partial charge in [0.2, 0.25) is 5.91 Å². The zero-order chi connectivity index (χ0) is 21.8. The smallest absolute Gasteiger partial charge is 0.225 e. The van der Waals surface area contributed by atoms with Crippen molar-refractivity contribution in [2.45, 2.75) is 45.1 Å². The predicted molar refractivity (Wildman–Crippen MR) is 121 cm³/mol. The van der Waals surface area contributed by atoms with Crippen LogP contribution < -0.4 is 10.1 Å². The van der Waals surface area contributed by atoms with Gasteiger partial charge in [0, 0.05) is 51.1 Å². The highest BCUT2D eigenvalue weighted by atomic mass is 16.5. The summed E-state index contributed by atoms with van der Waals surface area (Å²) in [5.74, 6) is 3.22. The van der Waals surface area contributed by atoms with Crippen LogP contribution in [0.5, 0.6) is 5.75 Å². The van der Waals surface area contributed by atoms with Crippen molar-refractivity contribution in [3.63, 3.8) is 0 Å². The molecule has 1 amide bonds. The van der Waals surface area contributed by atoms with Gasteiger partial charge in [-0.1, -0.05) is 18.2 Å². The van der Waals surface area contributed by atoms with E-state index in [4.69, 9.17) is 14.7 Å². The number of hydrogen-bond donors (Lipinski definition) is 1. The lowest BCUT2D eigenvalue weighted by Gasteiger charge is -2.32. The van der Waals surface area contributed by atoms with E-state index in [2.05, 4.69) is 17.3 Å². The summed E-state index contributed by atoms with van der Waals surface area (Å²) >= 11 is 0. The Morgan fingerprint density at radius 1 is 1.19 bits per heavy atom. The molecule has 2 aliphatic rings. The molecule has 4 rings (SSSR count). The van der Waals surface area contributed by atoms with E-state index in [0.29, 0.717) is 18.9 Å². The van der Waals surface area contributed by atoms with E-state index < -0.39 is 0 Å². The predicted octanol–water partition coefficient (Wildman–Crippen LogP) is 2.99. The number of nitrogens with one attached hydrogen (secondary N) is 1. The molecule has 0 saturated carbocycles.